The Balaban J connectivity index is 0.00000442. The first kappa shape index (κ1) is 32.2. The Labute approximate surface area is 259 Å². The van der Waals surface area contributed by atoms with Crippen molar-refractivity contribution < 1.29 is 32.7 Å². The highest BCUT2D eigenvalue weighted by Crippen LogP contribution is 2.37. The summed E-state index contributed by atoms with van der Waals surface area (Å²) in [6.45, 7) is 0. The highest BCUT2D eigenvalue weighted by molar-refractivity contribution is 8.00. The Morgan fingerprint density at radius 3 is 2.30 bits per heavy atom. The molecule has 0 radical (unpaired) electrons. The molecule has 0 atom stereocenters. The van der Waals surface area contributed by atoms with E-state index in [9.17, 15) is 27.6 Å². The predicted molar refractivity (Wildman–Crippen MR) is 165 cm³/mol. The first-order valence-electron chi connectivity index (χ1n) is 13.0. The van der Waals surface area contributed by atoms with Crippen molar-refractivity contribution in [1.82, 2.24) is 14.3 Å². The Kier molecular flexibility index (Phi) is 10.0. The van der Waals surface area contributed by atoms with Gasteiger partial charge in [-0.2, -0.15) is 18.3 Å². The van der Waals surface area contributed by atoms with E-state index in [1.165, 1.54) is 35.0 Å². The van der Waals surface area contributed by atoms with Crippen LogP contribution < -0.4 is 10.6 Å². The van der Waals surface area contributed by atoms with E-state index < -0.39 is 17.5 Å². The van der Waals surface area contributed by atoms with Crippen LogP contribution in [-0.2, 0) is 4.79 Å². The highest BCUT2D eigenvalue weighted by atomic mass is 35.5. The van der Waals surface area contributed by atoms with Crippen LogP contribution in [0.3, 0.4) is 0 Å². The van der Waals surface area contributed by atoms with Crippen molar-refractivity contribution in [3.05, 3.63) is 91.4 Å². The smallest absolute Gasteiger partial charge is 0.446 e. The van der Waals surface area contributed by atoms with Gasteiger partial charge in [-0.3, -0.25) is 14.2 Å². The molecule has 0 saturated heterocycles. The molecule has 0 fully saturated rings. The number of amides is 2. The third-order valence-corrected chi connectivity index (χ3v) is 7.12. The first-order chi connectivity index (χ1) is 20.6. The number of carbonyl (C=O) groups excluding carboxylic acids is 2. The fourth-order valence-corrected chi connectivity index (χ4v) is 4.98. The number of urea groups is 1. The second kappa shape index (κ2) is 13.7. The minimum Gasteiger partial charge on any atom is -0.481 e. The molecule has 5 rings (SSSR count). The van der Waals surface area contributed by atoms with Crippen LogP contribution >= 0.6 is 24.2 Å². The number of alkyl halides is 3. The number of carbonyl (C=O) groups is 3. The van der Waals surface area contributed by atoms with E-state index in [1.54, 1.807) is 16.9 Å². The molecule has 0 aliphatic heterocycles. The van der Waals surface area contributed by atoms with Gasteiger partial charge in [0.15, 0.2) is 0 Å². The van der Waals surface area contributed by atoms with Gasteiger partial charge < -0.3 is 15.7 Å². The first-order valence-corrected chi connectivity index (χ1v) is 13.8. The Morgan fingerprint density at radius 1 is 0.886 bits per heavy atom. The summed E-state index contributed by atoms with van der Waals surface area (Å²) in [5.41, 5.74) is -0.914. The van der Waals surface area contributed by atoms with Gasteiger partial charge in [0.25, 0.3) is 0 Å². The molecule has 14 heteroatoms. The predicted octanol–water partition coefficient (Wildman–Crippen LogP) is 8.07. The van der Waals surface area contributed by atoms with Crippen molar-refractivity contribution >= 4 is 64.4 Å². The lowest BCUT2D eigenvalue weighted by Gasteiger charge is -2.09. The van der Waals surface area contributed by atoms with Crippen molar-refractivity contribution in [2.75, 3.05) is 10.6 Å². The lowest BCUT2D eigenvalue weighted by molar-refractivity contribution is -0.137. The molecular weight excluding hydrogens is 619 g/mol. The van der Waals surface area contributed by atoms with Crippen molar-refractivity contribution in [2.45, 2.75) is 29.7 Å². The van der Waals surface area contributed by atoms with Crippen molar-refractivity contribution in [3.8, 4) is 16.8 Å². The lowest BCUT2D eigenvalue weighted by atomic mass is 10.1. The number of anilines is 2. The van der Waals surface area contributed by atoms with E-state index in [-0.39, 0.29) is 59.9 Å². The number of carboxylic acid groups (broad SMARTS) is 1. The number of hydrogen-bond acceptors (Lipinski definition) is 5. The van der Waals surface area contributed by atoms with Gasteiger partial charge in [0, 0.05) is 46.8 Å². The van der Waals surface area contributed by atoms with E-state index in [0.29, 0.717) is 16.6 Å². The van der Waals surface area contributed by atoms with Gasteiger partial charge >= 0.3 is 17.5 Å². The van der Waals surface area contributed by atoms with Gasteiger partial charge in [0.05, 0.1) is 23.1 Å². The minimum atomic E-state index is -4.43. The molecule has 0 unspecified atom stereocenters. The molecule has 0 spiro atoms. The number of para-hydroxylation sites is 1. The number of carboxylic acids is 1. The summed E-state index contributed by atoms with van der Waals surface area (Å²) in [6.07, 6.45) is 4.99. The van der Waals surface area contributed by atoms with E-state index in [2.05, 4.69) is 15.7 Å². The van der Waals surface area contributed by atoms with Crippen molar-refractivity contribution in [3.63, 3.8) is 0 Å². The van der Waals surface area contributed by atoms with Gasteiger partial charge in [-0.25, -0.2) is 9.48 Å². The fourth-order valence-electron chi connectivity index (χ4n) is 4.45. The van der Waals surface area contributed by atoms with Crippen LogP contribution in [0.25, 0.3) is 27.7 Å². The number of hydrogen-bond donors (Lipinski definition) is 3. The van der Waals surface area contributed by atoms with Gasteiger partial charge in [0.2, 0.25) is 5.91 Å². The SMILES string of the molecule is Cl.O=C(O)CCCC(=O)n1cc(NC(=O)Nc2ccc(SC(F)(F)F)cc2)c2cc(-c3cnn(-c4ccccc4)c3)ccc21. The zero-order valence-corrected chi connectivity index (χ0v) is 24.4. The number of fused-ring (bicyclic) bond motifs is 1. The number of thioether (sulfide) groups is 1. The lowest BCUT2D eigenvalue weighted by Crippen LogP contribution is -2.19. The van der Waals surface area contributed by atoms with Gasteiger partial charge in [-0.1, -0.05) is 24.3 Å². The van der Waals surface area contributed by atoms with Crippen LogP contribution in [0.1, 0.15) is 24.1 Å². The quantitative estimate of drug-likeness (QED) is 0.140. The summed E-state index contributed by atoms with van der Waals surface area (Å²) in [5.74, 6) is -1.35. The topological polar surface area (TPSA) is 118 Å². The number of aromatic nitrogens is 3. The Hall–Kier alpha value is -4.75. The Bertz CT molecular complexity index is 1790. The van der Waals surface area contributed by atoms with E-state index in [1.807, 2.05) is 48.7 Å². The molecule has 0 aliphatic carbocycles. The second-order valence-electron chi connectivity index (χ2n) is 9.45. The maximum Gasteiger partial charge on any atom is 0.446 e. The number of nitrogens with zero attached hydrogens (tertiary/aromatic N) is 3. The summed E-state index contributed by atoms with van der Waals surface area (Å²) in [5, 5.41) is 19.2. The molecule has 3 N–H and O–H groups in total. The zero-order chi connectivity index (χ0) is 30.6. The molecule has 0 saturated carbocycles. The zero-order valence-electron chi connectivity index (χ0n) is 22.7. The monoisotopic (exact) mass is 643 g/mol. The molecule has 3 aromatic carbocycles. The molecule has 228 valence electrons. The number of aliphatic carboxylic acids is 1. The van der Waals surface area contributed by atoms with Crippen molar-refractivity contribution in [1.29, 1.82) is 0 Å². The number of rotatable bonds is 9. The fraction of sp³-hybridized carbons (Fsp3) is 0.133. The van der Waals surface area contributed by atoms with Crippen molar-refractivity contribution in [2.24, 2.45) is 0 Å². The van der Waals surface area contributed by atoms with Crippen LogP contribution in [0, 0.1) is 0 Å². The maximum atomic E-state index is 13.0. The van der Waals surface area contributed by atoms with Gasteiger partial charge in [-0.05, 0) is 72.3 Å². The van der Waals surface area contributed by atoms with E-state index in [0.717, 1.165) is 16.8 Å². The second-order valence-corrected chi connectivity index (χ2v) is 10.6. The molecule has 2 amide bonds. The molecule has 2 aromatic heterocycles. The largest absolute Gasteiger partial charge is 0.481 e. The van der Waals surface area contributed by atoms with Crippen LogP contribution in [0.5, 0.6) is 0 Å². The summed E-state index contributed by atoms with van der Waals surface area (Å²) >= 11 is -0.257. The molecule has 5 aromatic rings. The average molecular weight is 644 g/mol. The molecule has 0 aliphatic rings. The third-order valence-electron chi connectivity index (χ3n) is 6.39. The molecule has 0 bridgehead atoms. The molecule has 44 heavy (non-hydrogen) atoms. The van der Waals surface area contributed by atoms with Crippen LogP contribution in [0.4, 0.5) is 29.3 Å². The normalized spacial score (nSPS) is 11.2. The Morgan fingerprint density at radius 2 is 1.61 bits per heavy atom. The highest BCUT2D eigenvalue weighted by Gasteiger charge is 2.29. The molecule has 9 nitrogen and oxygen atoms in total. The summed E-state index contributed by atoms with van der Waals surface area (Å²) in [6, 6.07) is 19.4. The van der Waals surface area contributed by atoms with Gasteiger partial charge in [0.1, 0.15) is 0 Å². The number of halogens is 4. The molecular formula is C30H25ClF3N5O4S. The summed E-state index contributed by atoms with van der Waals surface area (Å²) in [7, 11) is 0. The summed E-state index contributed by atoms with van der Waals surface area (Å²) in [4.78, 5) is 36.8. The number of nitrogens with one attached hydrogen (secondary N) is 2. The molecule has 2 heterocycles. The van der Waals surface area contributed by atoms with E-state index >= 15 is 0 Å². The third kappa shape index (κ3) is 7.99. The minimum absolute atomic E-state index is 0. The maximum absolute atomic E-state index is 13.0. The van der Waals surface area contributed by atoms with E-state index in [4.69, 9.17) is 5.11 Å². The van der Waals surface area contributed by atoms with Gasteiger partial charge in [-0.15, -0.1) is 12.4 Å². The average Bonchev–Trinajstić information content (AvgIpc) is 3.59. The number of benzene rings is 3. The summed E-state index contributed by atoms with van der Waals surface area (Å²) < 4.78 is 41.0. The van der Waals surface area contributed by atoms with Crippen LogP contribution in [-0.4, -0.2) is 42.9 Å². The standard InChI is InChI=1S/C30H24F3N5O4S.ClH/c31-30(32,33)43-23-12-10-21(11-13-23)35-29(42)36-25-18-37(27(39)7-4-8-28(40)41)26-14-9-19(15-24(25)26)20-16-34-38(17-20)22-5-2-1-3-6-22;/h1-3,5-6,9-18H,4,7-8H2,(H,40,41)(H2,35,36,42);1H. The van der Waals surface area contributed by atoms with Crippen LogP contribution in [0.2, 0.25) is 0 Å². The van der Waals surface area contributed by atoms with Crippen LogP contribution in [0.15, 0.2) is 96.3 Å².